The van der Waals surface area contributed by atoms with Crippen LogP contribution in [-0.4, -0.2) is 54.7 Å². The lowest BCUT2D eigenvalue weighted by atomic mass is 10.0. The molecule has 0 saturated carbocycles. The molecule has 0 spiro atoms. The van der Waals surface area contributed by atoms with E-state index in [2.05, 4.69) is 5.32 Å². The number of carbonyl (C=O) groups excluding carboxylic acids is 1. The normalized spacial score (nSPS) is 18.3. The van der Waals surface area contributed by atoms with Crippen LogP contribution in [0, 0.1) is 0 Å². The molecule has 0 bridgehead atoms. The Bertz CT molecular complexity index is 732. The van der Waals surface area contributed by atoms with Gasteiger partial charge in [-0.2, -0.15) is 4.31 Å². The molecule has 1 atom stereocenters. The maximum Gasteiger partial charge on any atom is 0.341 e. The predicted molar refractivity (Wildman–Crippen MR) is 96.6 cm³/mol. The molecule has 2 N–H and O–H groups in total. The second-order valence-electron chi connectivity index (χ2n) is 6.13. The Kier molecular flexibility index (Phi) is 6.98. The van der Waals surface area contributed by atoms with E-state index in [1.54, 1.807) is 31.2 Å². The predicted octanol–water partition coefficient (Wildman–Crippen LogP) is 1.68. The largest absolute Gasteiger partial charge is 0.482 e. The quantitative estimate of drug-likeness (QED) is 0.705. The van der Waals surface area contributed by atoms with Crippen LogP contribution in [0.25, 0.3) is 0 Å². The van der Waals surface area contributed by atoms with E-state index in [0.717, 1.165) is 12.8 Å². The first-order chi connectivity index (χ1) is 12.3. The molecule has 1 aromatic rings. The molecule has 0 aliphatic carbocycles. The Morgan fingerprint density at radius 3 is 2.58 bits per heavy atom. The summed E-state index contributed by atoms with van der Waals surface area (Å²) in [6, 6.07) is 5.56. The summed E-state index contributed by atoms with van der Waals surface area (Å²) in [4.78, 5) is 23.1. The Morgan fingerprint density at radius 2 is 1.96 bits per heavy atom. The zero-order valence-corrected chi connectivity index (χ0v) is 15.5. The van der Waals surface area contributed by atoms with E-state index in [1.807, 2.05) is 0 Å². The van der Waals surface area contributed by atoms with Gasteiger partial charge >= 0.3 is 5.97 Å². The second-order valence-corrected chi connectivity index (χ2v) is 8.18. The number of hydrogen-bond acceptors (Lipinski definition) is 5. The van der Waals surface area contributed by atoms with Gasteiger partial charge in [-0.05, 0) is 43.5 Å². The van der Waals surface area contributed by atoms with Crippen LogP contribution < -0.4 is 10.1 Å². The van der Waals surface area contributed by atoms with E-state index in [0.29, 0.717) is 30.8 Å². The van der Waals surface area contributed by atoms with Gasteiger partial charge in [0.1, 0.15) is 11.8 Å². The summed E-state index contributed by atoms with van der Waals surface area (Å²) in [5.41, 5.74) is 0.496. The molecule has 0 radical (unpaired) electrons. The first-order valence-electron chi connectivity index (χ1n) is 8.58. The first-order valence-corrected chi connectivity index (χ1v) is 10.2. The lowest BCUT2D eigenvalue weighted by molar-refractivity contribution is -0.139. The topological polar surface area (TPSA) is 113 Å². The zero-order valence-electron chi connectivity index (χ0n) is 14.7. The van der Waals surface area contributed by atoms with Crippen molar-refractivity contribution in [3.05, 3.63) is 24.3 Å². The summed E-state index contributed by atoms with van der Waals surface area (Å²) >= 11 is 0. The van der Waals surface area contributed by atoms with Crippen LogP contribution in [0.1, 0.15) is 32.6 Å². The molecule has 2 rings (SSSR count). The van der Waals surface area contributed by atoms with Crippen molar-refractivity contribution in [2.75, 3.05) is 24.2 Å². The zero-order chi connectivity index (χ0) is 19.2. The van der Waals surface area contributed by atoms with Gasteiger partial charge in [0.25, 0.3) is 0 Å². The summed E-state index contributed by atoms with van der Waals surface area (Å²) in [6.07, 6.45) is 2.56. The average Bonchev–Trinajstić information content (AvgIpc) is 2.61. The number of ether oxygens (including phenoxy) is 1. The highest BCUT2D eigenvalue weighted by atomic mass is 32.2. The molecule has 1 saturated heterocycles. The summed E-state index contributed by atoms with van der Waals surface area (Å²) in [6.45, 7) is 1.71. The van der Waals surface area contributed by atoms with Crippen molar-refractivity contribution in [1.82, 2.24) is 4.31 Å². The third kappa shape index (κ3) is 5.43. The number of nitrogens with zero attached hydrogens (tertiary/aromatic N) is 1. The lowest BCUT2D eigenvalue weighted by Crippen LogP contribution is -2.50. The molecular formula is C17H24N2O6S. The van der Waals surface area contributed by atoms with Crippen LogP contribution >= 0.6 is 0 Å². The maximum absolute atomic E-state index is 12.6. The first kappa shape index (κ1) is 20.2. The molecule has 1 amide bonds. The van der Waals surface area contributed by atoms with E-state index >= 15 is 0 Å². The van der Waals surface area contributed by atoms with Crippen molar-refractivity contribution < 1.29 is 27.9 Å². The smallest absolute Gasteiger partial charge is 0.341 e. The molecule has 8 nitrogen and oxygen atoms in total. The number of amides is 1. The van der Waals surface area contributed by atoms with Crippen LogP contribution in [0.3, 0.4) is 0 Å². The number of hydrogen-bond donors (Lipinski definition) is 2. The Hall–Kier alpha value is -2.13. The monoisotopic (exact) mass is 384 g/mol. The number of carboxylic acids is 1. The van der Waals surface area contributed by atoms with Gasteiger partial charge in [0.15, 0.2) is 6.61 Å². The molecule has 1 heterocycles. The van der Waals surface area contributed by atoms with Crippen molar-refractivity contribution in [2.24, 2.45) is 0 Å². The summed E-state index contributed by atoms with van der Waals surface area (Å²) in [5, 5.41) is 11.3. The summed E-state index contributed by atoms with van der Waals surface area (Å²) in [7, 11) is -3.45. The van der Waals surface area contributed by atoms with Crippen molar-refractivity contribution in [1.29, 1.82) is 0 Å². The number of carboxylic acid groups (broad SMARTS) is 1. The maximum atomic E-state index is 12.6. The van der Waals surface area contributed by atoms with Crippen LogP contribution in [0.15, 0.2) is 24.3 Å². The Labute approximate surface area is 153 Å². The number of aliphatic carboxylic acids is 1. The average molecular weight is 384 g/mol. The van der Waals surface area contributed by atoms with Gasteiger partial charge in [-0.1, -0.05) is 13.3 Å². The van der Waals surface area contributed by atoms with Crippen molar-refractivity contribution >= 4 is 27.6 Å². The van der Waals surface area contributed by atoms with E-state index in [4.69, 9.17) is 9.84 Å². The molecule has 1 aliphatic heterocycles. The van der Waals surface area contributed by atoms with Gasteiger partial charge in [0.2, 0.25) is 15.9 Å². The highest BCUT2D eigenvalue weighted by Crippen LogP contribution is 2.23. The van der Waals surface area contributed by atoms with Gasteiger partial charge in [0, 0.05) is 12.2 Å². The van der Waals surface area contributed by atoms with Crippen molar-refractivity contribution in [3.8, 4) is 5.75 Å². The minimum absolute atomic E-state index is 0.0341. The Balaban J connectivity index is 2.04. The van der Waals surface area contributed by atoms with Crippen molar-refractivity contribution in [3.63, 3.8) is 0 Å². The lowest BCUT2D eigenvalue weighted by Gasteiger charge is -2.33. The number of anilines is 1. The van der Waals surface area contributed by atoms with Gasteiger partial charge in [-0.25, -0.2) is 13.2 Å². The van der Waals surface area contributed by atoms with Crippen LogP contribution in [-0.2, 0) is 19.6 Å². The minimum atomic E-state index is -3.45. The van der Waals surface area contributed by atoms with Crippen LogP contribution in [0.2, 0.25) is 0 Å². The SMILES string of the molecule is CCCS(=O)(=O)N1CCCCC1C(=O)Nc1ccc(OCC(=O)O)cc1. The fourth-order valence-corrected chi connectivity index (χ4v) is 4.63. The minimum Gasteiger partial charge on any atom is -0.482 e. The number of carbonyl (C=O) groups is 2. The Morgan fingerprint density at radius 1 is 1.27 bits per heavy atom. The molecule has 144 valence electrons. The molecule has 1 aliphatic rings. The van der Waals surface area contributed by atoms with E-state index < -0.39 is 28.6 Å². The molecular weight excluding hydrogens is 360 g/mol. The summed E-state index contributed by atoms with van der Waals surface area (Å²) < 4.78 is 31.2. The highest BCUT2D eigenvalue weighted by molar-refractivity contribution is 7.89. The second kappa shape index (κ2) is 9.00. The number of piperidine rings is 1. The molecule has 1 aromatic carbocycles. The highest BCUT2D eigenvalue weighted by Gasteiger charge is 2.36. The standard InChI is InChI=1S/C17H24N2O6S/c1-2-11-26(23,24)19-10-4-3-5-15(19)17(22)18-13-6-8-14(9-7-13)25-12-16(20)21/h6-9,15H,2-5,10-12H2,1H3,(H,18,22)(H,20,21). The van der Waals surface area contributed by atoms with E-state index in [1.165, 1.54) is 4.31 Å². The van der Waals surface area contributed by atoms with E-state index in [9.17, 15) is 18.0 Å². The van der Waals surface area contributed by atoms with E-state index in [-0.39, 0.29) is 11.7 Å². The van der Waals surface area contributed by atoms with Crippen LogP contribution in [0.5, 0.6) is 5.75 Å². The summed E-state index contributed by atoms with van der Waals surface area (Å²) in [5.74, 6) is -1.03. The molecule has 1 unspecified atom stereocenters. The number of rotatable bonds is 8. The third-order valence-electron chi connectivity index (χ3n) is 4.06. The molecule has 1 fully saturated rings. The number of benzene rings is 1. The van der Waals surface area contributed by atoms with Gasteiger partial charge in [-0.3, -0.25) is 4.79 Å². The third-order valence-corrected chi connectivity index (χ3v) is 6.14. The fraction of sp³-hybridized carbons (Fsp3) is 0.529. The van der Waals surface area contributed by atoms with Gasteiger partial charge in [0.05, 0.1) is 5.75 Å². The van der Waals surface area contributed by atoms with Crippen LogP contribution in [0.4, 0.5) is 5.69 Å². The van der Waals surface area contributed by atoms with Gasteiger partial charge in [-0.15, -0.1) is 0 Å². The molecule has 0 aromatic heterocycles. The van der Waals surface area contributed by atoms with Gasteiger partial charge < -0.3 is 15.2 Å². The molecule has 26 heavy (non-hydrogen) atoms. The van der Waals surface area contributed by atoms with Crippen molar-refractivity contribution in [2.45, 2.75) is 38.6 Å². The number of sulfonamides is 1. The molecule has 9 heteroatoms. The fourth-order valence-electron chi connectivity index (χ4n) is 2.88. The number of nitrogens with one attached hydrogen (secondary N) is 1.